The van der Waals surface area contributed by atoms with Gasteiger partial charge in [-0.25, -0.2) is 8.78 Å². The molecule has 0 aromatic heterocycles. The van der Waals surface area contributed by atoms with E-state index in [9.17, 15) is 13.6 Å². The third-order valence-electron chi connectivity index (χ3n) is 4.27. The lowest BCUT2D eigenvalue weighted by Crippen LogP contribution is -2.52. The van der Waals surface area contributed by atoms with E-state index in [1.165, 1.54) is 6.07 Å². The molecule has 1 aliphatic heterocycles. The molecule has 2 unspecified atom stereocenters. The van der Waals surface area contributed by atoms with E-state index < -0.39 is 11.6 Å². The fourth-order valence-corrected chi connectivity index (χ4v) is 3.00. The number of amides is 1. The highest BCUT2D eigenvalue weighted by Crippen LogP contribution is 2.49. The number of carbonyl (C=O) groups excluding carboxylic acids is 1. The van der Waals surface area contributed by atoms with Crippen LogP contribution in [0.5, 0.6) is 0 Å². The minimum absolute atomic E-state index is 0. The summed E-state index contributed by atoms with van der Waals surface area (Å²) in [6, 6.07) is 4.35. The van der Waals surface area contributed by atoms with Crippen LogP contribution < -0.4 is 5.32 Å². The minimum Gasteiger partial charge on any atom is -0.337 e. The van der Waals surface area contributed by atoms with Crippen LogP contribution in [0.1, 0.15) is 24.8 Å². The maximum atomic E-state index is 13.7. The smallest absolute Gasteiger partial charge is 0.226 e. The second-order valence-electron chi connectivity index (χ2n) is 5.68. The molecule has 3 rings (SSSR count). The summed E-state index contributed by atoms with van der Waals surface area (Å²) in [7, 11) is 0. The van der Waals surface area contributed by atoms with E-state index in [0.29, 0.717) is 18.5 Å². The Hall–Kier alpha value is -1.20. The van der Waals surface area contributed by atoms with Crippen molar-refractivity contribution in [2.75, 3.05) is 19.6 Å². The number of hydrogen-bond donors (Lipinski definition) is 1. The summed E-state index contributed by atoms with van der Waals surface area (Å²) in [5, 5.41) is 3.23. The number of nitrogens with one attached hydrogen (secondary N) is 1. The van der Waals surface area contributed by atoms with E-state index in [1.807, 2.05) is 11.8 Å². The second-order valence-corrected chi connectivity index (χ2v) is 5.68. The van der Waals surface area contributed by atoms with Crippen LogP contribution >= 0.6 is 12.4 Å². The second kappa shape index (κ2) is 6.28. The van der Waals surface area contributed by atoms with Gasteiger partial charge < -0.3 is 10.2 Å². The molecule has 3 atom stereocenters. The summed E-state index contributed by atoms with van der Waals surface area (Å²) < 4.78 is 27.0. The Morgan fingerprint density at radius 1 is 1.38 bits per heavy atom. The van der Waals surface area contributed by atoms with Crippen molar-refractivity contribution in [3.8, 4) is 0 Å². The number of halogens is 3. The summed E-state index contributed by atoms with van der Waals surface area (Å²) in [5.41, 5.74) is 0.339. The van der Waals surface area contributed by atoms with Crippen LogP contribution in [-0.2, 0) is 4.79 Å². The fraction of sp³-hybridized carbons (Fsp3) is 0.533. The van der Waals surface area contributed by atoms with Crippen LogP contribution in [0.2, 0.25) is 0 Å². The van der Waals surface area contributed by atoms with Gasteiger partial charge in [0.25, 0.3) is 0 Å². The lowest BCUT2D eigenvalue weighted by molar-refractivity contribution is -0.135. The Balaban J connectivity index is 0.00000161. The molecule has 1 aromatic carbocycles. The van der Waals surface area contributed by atoms with E-state index >= 15 is 0 Å². The maximum Gasteiger partial charge on any atom is 0.226 e. The molecule has 21 heavy (non-hydrogen) atoms. The third-order valence-corrected chi connectivity index (χ3v) is 4.27. The van der Waals surface area contributed by atoms with Crippen molar-refractivity contribution in [1.82, 2.24) is 10.2 Å². The van der Waals surface area contributed by atoms with E-state index in [4.69, 9.17) is 0 Å². The van der Waals surface area contributed by atoms with E-state index in [-0.39, 0.29) is 36.2 Å². The van der Waals surface area contributed by atoms with E-state index in [2.05, 4.69) is 5.32 Å². The van der Waals surface area contributed by atoms with Crippen LogP contribution in [-0.4, -0.2) is 36.5 Å². The van der Waals surface area contributed by atoms with Gasteiger partial charge in [-0.05, 0) is 30.9 Å². The van der Waals surface area contributed by atoms with Crippen molar-refractivity contribution in [3.05, 3.63) is 35.4 Å². The van der Waals surface area contributed by atoms with Gasteiger partial charge >= 0.3 is 0 Å². The summed E-state index contributed by atoms with van der Waals surface area (Å²) in [5.74, 6) is -1.92. The third kappa shape index (κ3) is 3.04. The highest BCUT2D eigenvalue weighted by atomic mass is 35.5. The van der Waals surface area contributed by atoms with Gasteiger partial charge in [-0.15, -0.1) is 12.4 Å². The molecule has 1 amide bonds. The summed E-state index contributed by atoms with van der Waals surface area (Å²) in [6.45, 7) is 4.28. The van der Waals surface area contributed by atoms with E-state index in [0.717, 1.165) is 19.2 Å². The largest absolute Gasteiger partial charge is 0.337 e. The number of nitrogens with zero attached hydrogens (tertiary/aromatic N) is 1. The average Bonchev–Trinajstić information content (AvgIpc) is 3.22. The number of carbonyl (C=O) groups is 1. The first-order valence-electron chi connectivity index (χ1n) is 7.04. The molecule has 1 aromatic rings. The Bertz CT molecular complexity index is 540. The Kier molecular flexibility index (Phi) is 4.84. The highest BCUT2D eigenvalue weighted by molar-refractivity contribution is 5.85. The SMILES string of the molecule is C[C@H]1CNCCN1C(=O)C1CC1c1cccc(F)c1F.Cl. The van der Waals surface area contributed by atoms with Gasteiger partial charge in [0, 0.05) is 31.6 Å². The van der Waals surface area contributed by atoms with Gasteiger partial charge in [0.1, 0.15) is 0 Å². The Labute approximate surface area is 129 Å². The quantitative estimate of drug-likeness (QED) is 0.908. The van der Waals surface area contributed by atoms with Gasteiger partial charge in [0.05, 0.1) is 0 Å². The van der Waals surface area contributed by atoms with Crippen LogP contribution in [0.25, 0.3) is 0 Å². The Morgan fingerprint density at radius 3 is 2.86 bits per heavy atom. The van der Waals surface area contributed by atoms with Crippen LogP contribution in [0.4, 0.5) is 8.78 Å². The lowest BCUT2D eigenvalue weighted by atomic mass is 10.1. The van der Waals surface area contributed by atoms with E-state index in [1.54, 1.807) is 6.07 Å². The average molecular weight is 317 g/mol. The molecule has 1 saturated carbocycles. The molecular weight excluding hydrogens is 298 g/mol. The zero-order chi connectivity index (χ0) is 14.3. The maximum absolute atomic E-state index is 13.7. The minimum atomic E-state index is -0.837. The van der Waals surface area contributed by atoms with Crippen molar-refractivity contribution < 1.29 is 13.6 Å². The predicted molar refractivity (Wildman–Crippen MR) is 78.5 cm³/mol. The molecule has 1 heterocycles. The monoisotopic (exact) mass is 316 g/mol. The number of benzene rings is 1. The molecule has 116 valence electrons. The molecule has 0 bridgehead atoms. The Morgan fingerprint density at radius 2 is 2.14 bits per heavy atom. The van der Waals surface area contributed by atoms with Crippen molar-refractivity contribution in [3.63, 3.8) is 0 Å². The number of hydrogen-bond acceptors (Lipinski definition) is 2. The van der Waals surface area contributed by atoms with Gasteiger partial charge in [-0.2, -0.15) is 0 Å². The normalized spacial score (nSPS) is 28.0. The molecule has 6 heteroatoms. The molecule has 1 saturated heterocycles. The molecule has 2 fully saturated rings. The molecule has 0 spiro atoms. The van der Waals surface area contributed by atoms with Crippen LogP contribution in [0.3, 0.4) is 0 Å². The zero-order valence-electron chi connectivity index (χ0n) is 11.8. The van der Waals surface area contributed by atoms with Gasteiger partial charge in [0.15, 0.2) is 11.6 Å². The fourth-order valence-electron chi connectivity index (χ4n) is 3.00. The summed E-state index contributed by atoms with van der Waals surface area (Å²) in [4.78, 5) is 14.3. The van der Waals surface area contributed by atoms with Crippen molar-refractivity contribution in [1.29, 1.82) is 0 Å². The van der Waals surface area contributed by atoms with Crippen molar-refractivity contribution in [2.24, 2.45) is 5.92 Å². The highest BCUT2D eigenvalue weighted by Gasteiger charge is 2.48. The molecule has 2 aliphatic rings. The van der Waals surface area contributed by atoms with Gasteiger partial charge in [-0.3, -0.25) is 4.79 Å². The molecule has 1 N–H and O–H groups in total. The standard InChI is InChI=1S/C15H18F2N2O.ClH/c1-9-8-18-5-6-19(9)15(20)12-7-11(12)10-3-2-4-13(16)14(10)17;/h2-4,9,11-12,18H,5-8H2,1H3;1H/t9-,11?,12?;/m0./s1. The molecule has 3 nitrogen and oxygen atoms in total. The molecule has 1 aliphatic carbocycles. The molecule has 0 radical (unpaired) electrons. The first-order chi connectivity index (χ1) is 9.59. The predicted octanol–water partition coefficient (Wildman–Crippen LogP) is 2.31. The topological polar surface area (TPSA) is 32.3 Å². The number of rotatable bonds is 2. The van der Waals surface area contributed by atoms with Gasteiger partial charge in [-0.1, -0.05) is 12.1 Å². The van der Waals surface area contributed by atoms with Crippen molar-refractivity contribution in [2.45, 2.75) is 25.3 Å². The van der Waals surface area contributed by atoms with Gasteiger partial charge in [0.2, 0.25) is 5.91 Å². The lowest BCUT2D eigenvalue weighted by Gasteiger charge is -2.34. The first-order valence-corrected chi connectivity index (χ1v) is 7.04. The van der Waals surface area contributed by atoms with Crippen LogP contribution in [0.15, 0.2) is 18.2 Å². The first kappa shape index (κ1) is 16.2. The van der Waals surface area contributed by atoms with Crippen molar-refractivity contribution >= 4 is 18.3 Å². The zero-order valence-corrected chi connectivity index (χ0v) is 12.6. The molecular formula is C15H19ClF2N2O. The number of piperazine rings is 1. The summed E-state index contributed by atoms with van der Waals surface area (Å²) in [6.07, 6.45) is 0.621. The summed E-state index contributed by atoms with van der Waals surface area (Å²) >= 11 is 0. The van der Waals surface area contributed by atoms with Crippen LogP contribution in [0, 0.1) is 17.6 Å².